The van der Waals surface area contributed by atoms with E-state index in [9.17, 15) is 19.5 Å². The molecule has 0 saturated carbocycles. The first-order chi connectivity index (χ1) is 17.0. The van der Waals surface area contributed by atoms with E-state index in [0.717, 1.165) is 0 Å². The van der Waals surface area contributed by atoms with Crippen molar-refractivity contribution in [1.82, 2.24) is 9.80 Å². The van der Waals surface area contributed by atoms with Gasteiger partial charge in [0.2, 0.25) is 11.8 Å². The Kier molecular flexibility index (Phi) is 7.38. The van der Waals surface area contributed by atoms with Crippen LogP contribution in [0.25, 0.3) is 0 Å². The van der Waals surface area contributed by atoms with Crippen LogP contribution >= 0.6 is 15.9 Å². The minimum atomic E-state index is -1.22. The van der Waals surface area contributed by atoms with E-state index in [0.29, 0.717) is 12.0 Å². The van der Waals surface area contributed by atoms with Gasteiger partial charge in [0.25, 0.3) is 0 Å². The van der Waals surface area contributed by atoms with E-state index in [1.807, 2.05) is 51.1 Å². The number of ether oxygens (including phenoxy) is 2. The van der Waals surface area contributed by atoms with Gasteiger partial charge in [0.1, 0.15) is 11.6 Å². The highest BCUT2D eigenvalue weighted by Gasteiger charge is 2.77. The van der Waals surface area contributed by atoms with Gasteiger partial charge in [-0.25, -0.2) is 0 Å². The van der Waals surface area contributed by atoms with E-state index in [2.05, 4.69) is 22.5 Å². The Balaban J connectivity index is 1.89. The van der Waals surface area contributed by atoms with E-state index < -0.39 is 47.1 Å². The van der Waals surface area contributed by atoms with E-state index in [1.54, 1.807) is 17.9 Å². The molecule has 0 radical (unpaired) electrons. The first kappa shape index (κ1) is 26.8. The summed E-state index contributed by atoms with van der Waals surface area (Å²) in [7, 11) is 0. The lowest BCUT2D eigenvalue weighted by Crippen LogP contribution is -2.60. The van der Waals surface area contributed by atoms with Crippen LogP contribution in [-0.2, 0) is 23.9 Å². The molecule has 0 aromatic heterocycles. The Morgan fingerprint density at radius 2 is 2.03 bits per heavy atom. The Labute approximate surface area is 220 Å². The second kappa shape index (κ2) is 9.91. The van der Waals surface area contributed by atoms with Crippen molar-refractivity contribution >= 4 is 33.7 Å². The van der Waals surface area contributed by atoms with Crippen LogP contribution in [-0.4, -0.2) is 80.6 Å². The number of hydrogen-bond acceptors (Lipinski definition) is 6. The second-order valence-corrected chi connectivity index (χ2v) is 11.9. The fraction of sp³-hybridized carbons (Fsp3) is 0.593. The molecule has 196 valence electrons. The third-order valence-corrected chi connectivity index (χ3v) is 8.45. The summed E-state index contributed by atoms with van der Waals surface area (Å²) in [4.78, 5) is 44.7. The van der Waals surface area contributed by atoms with Crippen molar-refractivity contribution in [2.24, 2.45) is 11.8 Å². The van der Waals surface area contributed by atoms with Crippen molar-refractivity contribution in [2.75, 3.05) is 19.8 Å². The van der Waals surface area contributed by atoms with Crippen LogP contribution in [0.4, 0.5) is 0 Å². The first-order valence-corrected chi connectivity index (χ1v) is 13.3. The van der Waals surface area contributed by atoms with Crippen LogP contribution in [0.3, 0.4) is 0 Å². The van der Waals surface area contributed by atoms with Gasteiger partial charge in [-0.05, 0) is 39.7 Å². The molecule has 3 aliphatic heterocycles. The van der Waals surface area contributed by atoms with Crippen LogP contribution < -0.4 is 0 Å². The molecule has 1 N–H and O–H groups in total. The predicted molar refractivity (Wildman–Crippen MR) is 137 cm³/mol. The lowest BCUT2D eigenvalue weighted by atomic mass is 9.70. The van der Waals surface area contributed by atoms with Gasteiger partial charge in [-0.2, -0.15) is 0 Å². The average molecular weight is 563 g/mol. The number of halogens is 1. The number of benzene rings is 1. The summed E-state index contributed by atoms with van der Waals surface area (Å²) in [6, 6.07) is 7.33. The molecular formula is C27H35BrN2O6. The Bertz CT molecular complexity index is 1030. The van der Waals surface area contributed by atoms with Gasteiger partial charge in [0.15, 0.2) is 0 Å². The van der Waals surface area contributed by atoms with E-state index in [1.165, 1.54) is 4.90 Å². The second-order valence-electron chi connectivity index (χ2n) is 10.7. The summed E-state index contributed by atoms with van der Waals surface area (Å²) in [5.41, 5.74) is -1.09. The van der Waals surface area contributed by atoms with E-state index >= 15 is 0 Å². The molecule has 4 rings (SSSR count). The van der Waals surface area contributed by atoms with E-state index in [-0.39, 0.29) is 36.4 Å². The standard InChI is InChI=1S/C27H35BrN2O6/c1-6-13-29(26(3,4)5)24(33)22-27-14-17(28)21(36-27)19(25(34)35-7-2)20(27)23(32)30(22)18(15-31)16-11-9-8-10-12-16/h6,8-12,17-22,31H,1,7,13-15H2,2-5H3/t17?,18-,19-,20+,21-,22?,27?/m1/s1. The van der Waals surface area contributed by atoms with Crippen molar-refractivity contribution in [3.63, 3.8) is 0 Å². The molecule has 3 unspecified atom stereocenters. The number of hydrogen-bond donors (Lipinski definition) is 1. The first-order valence-electron chi connectivity index (χ1n) is 12.4. The van der Waals surface area contributed by atoms with Gasteiger partial charge in [-0.3, -0.25) is 14.4 Å². The average Bonchev–Trinajstić information content (AvgIpc) is 3.42. The number of carbonyl (C=O) groups is 3. The number of aliphatic hydroxyl groups is 1. The minimum Gasteiger partial charge on any atom is -0.466 e. The molecule has 3 saturated heterocycles. The predicted octanol–water partition coefficient (Wildman–Crippen LogP) is 2.84. The Morgan fingerprint density at radius 3 is 2.58 bits per heavy atom. The lowest BCUT2D eigenvalue weighted by Gasteiger charge is -2.43. The molecule has 2 bridgehead atoms. The molecule has 0 aliphatic carbocycles. The van der Waals surface area contributed by atoms with Gasteiger partial charge in [-0.1, -0.05) is 52.3 Å². The number of rotatable bonds is 8. The summed E-state index contributed by atoms with van der Waals surface area (Å²) in [5, 5.41) is 10.5. The fourth-order valence-electron chi connectivity index (χ4n) is 6.19. The molecule has 8 nitrogen and oxygen atoms in total. The highest BCUT2D eigenvalue weighted by molar-refractivity contribution is 9.09. The van der Waals surface area contributed by atoms with Gasteiger partial charge in [0.05, 0.1) is 37.2 Å². The summed E-state index contributed by atoms with van der Waals surface area (Å²) in [6.07, 6.45) is 1.46. The smallest absolute Gasteiger partial charge is 0.312 e. The molecule has 2 amide bonds. The van der Waals surface area contributed by atoms with Crippen molar-refractivity contribution in [3.05, 3.63) is 48.6 Å². The van der Waals surface area contributed by atoms with Gasteiger partial charge >= 0.3 is 5.97 Å². The van der Waals surface area contributed by atoms with Gasteiger partial charge in [-0.15, -0.1) is 6.58 Å². The zero-order valence-corrected chi connectivity index (χ0v) is 22.8. The van der Waals surface area contributed by atoms with Crippen molar-refractivity contribution < 1.29 is 29.0 Å². The normalized spacial score (nSPS) is 31.8. The molecule has 9 heteroatoms. The largest absolute Gasteiger partial charge is 0.466 e. The lowest BCUT2D eigenvalue weighted by molar-refractivity contribution is -0.157. The third kappa shape index (κ3) is 4.09. The minimum absolute atomic E-state index is 0.176. The molecule has 36 heavy (non-hydrogen) atoms. The summed E-state index contributed by atoms with van der Waals surface area (Å²) in [5.74, 6) is -2.89. The molecule has 1 aromatic rings. The summed E-state index contributed by atoms with van der Waals surface area (Å²) < 4.78 is 11.9. The SMILES string of the molecule is C=CCN(C(=O)C1N([C@H](CO)c2ccccc2)C(=O)[C@@H]2[C@@H](C(=O)OCC)[C@@H]3OC12CC3Br)C(C)(C)C. The number of alkyl halides is 1. The quantitative estimate of drug-likeness (QED) is 0.297. The van der Waals surface area contributed by atoms with Crippen molar-refractivity contribution in [3.8, 4) is 0 Å². The maximum absolute atomic E-state index is 14.4. The van der Waals surface area contributed by atoms with Gasteiger partial charge < -0.3 is 24.4 Å². The third-order valence-electron chi connectivity index (χ3n) is 7.60. The van der Waals surface area contributed by atoms with Crippen molar-refractivity contribution in [2.45, 2.75) is 68.3 Å². The van der Waals surface area contributed by atoms with Crippen LogP contribution in [0.1, 0.15) is 45.7 Å². The number of nitrogens with zero attached hydrogens (tertiary/aromatic N) is 2. The van der Waals surface area contributed by atoms with Crippen LogP contribution in [0.2, 0.25) is 0 Å². The zero-order valence-electron chi connectivity index (χ0n) is 21.2. The molecule has 3 fully saturated rings. The van der Waals surface area contributed by atoms with Gasteiger partial charge in [0, 0.05) is 16.9 Å². The highest BCUT2D eigenvalue weighted by atomic mass is 79.9. The monoisotopic (exact) mass is 562 g/mol. The molecule has 3 aliphatic rings. The molecule has 3 heterocycles. The summed E-state index contributed by atoms with van der Waals surface area (Å²) in [6.45, 7) is 11.4. The fourth-order valence-corrected chi connectivity index (χ4v) is 7.13. The van der Waals surface area contributed by atoms with Crippen LogP contribution in [0.15, 0.2) is 43.0 Å². The Morgan fingerprint density at radius 1 is 1.36 bits per heavy atom. The topological polar surface area (TPSA) is 96.4 Å². The maximum atomic E-state index is 14.4. The van der Waals surface area contributed by atoms with Crippen LogP contribution in [0, 0.1) is 11.8 Å². The highest BCUT2D eigenvalue weighted by Crippen LogP contribution is 2.61. The molecule has 7 atom stereocenters. The molecule has 1 aromatic carbocycles. The number of aliphatic hydroxyl groups excluding tert-OH is 1. The number of amides is 2. The summed E-state index contributed by atoms with van der Waals surface area (Å²) >= 11 is 3.66. The van der Waals surface area contributed by atoms with E-state index in [4.69, 9.17) is 9.47 Å². The van der Waals surface area contributed by atoms with Crippen LogP contribution in [0.5, 0.6) is 0 Å². The molecular weight excluding hydrogens is 528 g/mol. The number of likely N-dealkylation sites (tertiary alicyclic amines) is 1. The zero-order chi connectivity index (χ0) is 26.4. The maximum Gasteiger partial charge on any atom is 0.312 e. The Hall–Kier alpha value is -2.23. The number of fused-ring (bicyclic) bond motifs is 1. The molecule has 1 spiro atoms. The number of esters is 1. The van der Waals surface area contributed by atoms with Crippen molar-refractivity contribution in [1.29, 1.82) is 0 Å². The number of carbonyl (C=O) groups excluding carboxylic acids is 3.